The maximum atomic E-state index is 5.25. The minimum atomic E-state index is 0.923. The van der Waals surface area contributed by atoms with Crippen molar-refractivity contribution in [3.05, 3.63) is 158 Å². The number of hydrogen-bond acceptors (Lipinski definition) is 2. The third kappa shape index (κ3) is 4.22. The summed E-state index contributed by atoms with van der Waals surface area (Å²) in [6.45, 7) is 0. The Morgan fingerprint density at radius 2 is 0.810 bits per heavy atom. The minimum absolute atomic E-state index is 0.923. The second-order valence-electron chi connectivity index (χ2n) is 10.6. The molecule has 0 radical (unpaired) electrons. The maximum absolute atomic E-state index is 5.25. The van der Waals surface area contributed by atoms with E-state index in [0.717, 1.165) is 44.3 Å². The molecule has 0 aliphatic rings. The van der Waals surface area contributed by atoms with Gasteiger partial charge in [0, 0.05) is 21.9 Å². The summed E-state index contributed by atoms with van der Waals surface area (Å²) < 4.78 is 0. The van der Waals surface area contributed by atoms with Crippen molar-refractivity contribution in [3.63, 3.8) is 0 Å². The van der Waals surface area contributed by atoms with Crippen molar-refractivity contribution in [1.82, 2.24) is 9.97 Å². The van der Waals surface area contributed by atoms with Gasteiger partial charge in [-0.2, -0.15) is 0 Å². The second kappa shape index (κ2) is 10.1. The average Bonchev–Trinajstić information content (AvgIpc) is 3.08. The van der Waals surface area contributed by atoms with E-state index in [1.807, 2.05) is 18.2 Å². The van der Waals surface area contributed by atoms with Crippen molar-refractivity contribution >= 4 is 32.6 Å². The topological polar surface area (TPSA) is 25.8 Å². The Hall–Kier alpha value is -5.60. The lowest BCUT2D eigenvalue weighted by atomic mass is 9.92. The zero-order valence-electron chi connectivity index (χ0n) is 22.9. The first-order chi connectivity index (χ1) is 20.8. The van der Waals surface area contributed by atoms with Gasteiger partial charge < -0.3 is 0 Å². The standard InChI is InChI=1S/C40H26N2/c1-3-10-27(11-4-1)31-14-9-15-32(26-31)33-22-23-36(35-17-8-7-16-34(33)35)38-25-21-30-19-18-29-20-24-37(28-12-5-2-6-13-28)41-39(29)40(30)42-38/h1-26H. The molecule has 42 heavy (non-hydrogen) atoms. The summed E-state index contributed by atoms with van der Waals surface area (Å²) in [4.78, 5) is 10.3. The Labute approximate surface area is 244 Å². The summed E-state index contributed by atoms with van der Waals surface area (Å²) in [5.74, 6) is 0. The SMILES string of the molecule is c1ccc(-c2cccc(-c3ccc(-c4ccc5ccc6ccc(-c7ccccc7)nc6c5n4)c4ccccc34)c2)cc1. The van der Waals surface area contributed by atoms with E-state index in [4.69, 9.17) is 9.97 Å². The third-order valence-electron chi connectivity index (χ3n) is 8.07. The molecule has 2 heteroatoms. The van der Waals surface area contributed by atoms with Crippen molar-refractivity contribution < 1.29 is 0 Å². The monoisotopic (exact) mass is 534 g/mol. The quantitative estimate of drug-likeness (QED) is 0.210. The van der Waals surface area contributed by atoms with Crippen LogP contribution in [0.25, 0.3) is 77.3 Å². The number of rotatable bonds is 4. The minimum Gasteiger partial charge on any atom is -0.245 e. The lowest BCUT2D eigenvalue weighted by Crippen LogP contribution is -1.92. The largest absolute Gasteiger partial charge is 0.245 e. The number of fused-ring (bicyclic) bond motifs is 4. The van der Waals surface area contributed by atoms with Gasteiger partial charge in [-0.3, -0.25) is 0 Å². The molecular weight excluding hydrogens is 508 g/mol. The third-order valence-corrected chi connectivity index (χ3v) is 8.07. The van der Waals surface area contributed by atoms with E-state index in [1.165, 1.54) is 33.0 Å². The first kappa shape index (κ1) is 24.2. The van der Waals surface area contributed by atoms with Crippen LogP contribution < -0.4 is 0 Å². The van der Waals surface area contributed by atoms with Crippen molar-refractivity contribution in [2.45, 2.75) is 0 Å². The van der Waals surface area contributed by atoms with Gasteiger partial charge in [0.2, 0.25) is 0 Å². The van der Waals surface area contributed by atoms with Crippen LogP contribution in [0, 0.1) is 0 Å². The summed E-state index contributed by atoms with van der Waals surface area (Å²) in [5, 5.41) is 4.57. The normalized spacial score (nSPS) is 11.3. The summed E-state index contributed by atoms with van der Waals surface area (Å²) in [6, 6.07) is 55.6. The fourth-order valence-corrected chi connectivity index (χ4v) is 5.96. The van der Waals surface area contributed by atoms with E-state index in [1.54, 1.807) is 0 Å². The van der Waals surface area contributed by atoms with E-state index in [2.05, 4.69) is 140 Å². The molecule has 2 nitrogen and oxygen atoms in total. The van der Waals surface area contributed by atoms with E-state index >= 15 is 0 Å². The highest BCUT2D eigenvalue weighted by Crippen LogP contribution is 2.37. The van der Waals surface area contributed by atoms with Crippen LogP contribution in [0.15, 0.2) is 158 Å². The molecule has 0 bridgehead atoms. The molecule has 8 rings (SSSR count). The summed E-state index contributed by atoms with van der Waals surface area (Å²) in [7, 11) is 0. The summed E-state index contributed by atoms with van der Waals surface area (Å²) in [6.07, 6.45) is 0. The van der Waals surface area contributed by atoms with Crippen LogP contribution in [0.1, 0.15) is 0 Å². The van der Waals surface area contributed by atoms with Gasteiger partial charge in [-0.1, -0.05) is 140 Å². The van der Waals surface area contributed by atoms with Crippen molar-refractivity contribution in [2.75, 3.05) is 0 Å². The lowest BCUT2D eigenvalue weighted by Gasteiger charge is -2.13. The Bertz CT molecular complexity index is 2240. The highest BCUT2D eigenvalue weighted by Gasteiger charge is 2.13. The van der Waals surface area contributed by atoms with Gasteiger partial charge in [-0.15, -0.1) is 0 Å². The molecule has 0 N–H and O–H groups in total. The average molecular weight is 535 g/mol. The molecule has 0 spiro atoms. The molecule has 0 aliphatic carbocycles. The first-order valence-electron chi connectivity index (χ1n) is 14.3. The number of nitrogens with zero attached hydrogens (tertiary/aromatic N) is 2. The molecular formula is C40H26N2. The number of pyridine rings is 2. The molecule has 0 unspecified atom stereocenters. The van der Waals surface area contributed by atoms with Crippen LogP contribution in [0.2, 0.25) is 0 Å². The highest BCUT2D eigenvalue weighted by atomic mass is 14.8. The molecule has 0 aliphatic heterocycles. The summed E-state index contributed by atoms with van der Waals surface area (Å²) in [5.41, 5.74) is 10.8. The van der Waals surface area contributed by atoms with Gasteiger partial charge in [0.25, 0.3) is 0 Å². The van der Waals surface area contributed by atoms with Gasteiger partial charge in [0.15, 0.2) is 0 Å². The van der Waals surface area contributed by atoms with Crippen LogP contribution in [0.5, 0.6) is 0 Å². The second-order valence-corrected chi connectivity index (χ2v) is 10.6. The first-order valence-corrected chi connectivity index (χ1v) is 14.3. The van der Waals surface area contributed by atoms with Gasteiger partial charge in [-0.05, 0) is 51.2 Å². The molecule has 0 saturated heterocycles. The van der Waals surface area contributed by atoms with E-state index in [0.29, 0.717) is 0 Å². The number of aromatic nitrogens is 2. The molecule has 0 fully saturated rings. The van der Waals surface area contributed by atoms with Gasteiger partial charge in [0.05, 0.1) is 22.4 Å². The smallest absolute Gasteiger partial charge is 0.0972 e. The van der Waals surface area contributed by atoms with Gasteiger partial charge >= 0.3 is 0 Å². The lowest BCUT2D eigenvalue weighted by molar-refractivity contribution is 1.37. The van der Waals surface area contributed by atoms with Crippen molar-refractivity contribution in [2.24, 2.45) is 0 Å². The van der Waals surface area contributed by atoms with E-state index < -0.39 is 0 Å². The van der Waals surface area contributed by atoms with Gasteiger partial charge in [-0.25, -0.2) is 9.97 Å². The summed E-state index contributed by atoms with van der Waals surface area (Å²) >= 11 is 0. The molecule has 0 saturated carbocycles. The van der Waals surface area contributed by atoms with Crippen LogP contribution in [0.3, 0.4) is 0 Å². The Kier molecular flexibility index (Phi) is 5.82. The zero-order valence-corrected chi connectivity index (χ0v) is 22.9. The Morgan fingerprint density at radius 1 is 0.310 bits per heavy atom. The Balaban J connectivity index is 1.28. The predicted octanol–water partition coefficient (Wildman–Crippen LogP) is 10.6. The molecule has 6 aromatic carbocycles. The maximum Gasteiger partial charge on any atom is 0.0972 e. The van der Waals surface area contributed by atoms with Crippen LogP contribution >= 0.6 is 0 Å². The molecule has 8 aromatic rings. The molecule has 2 heterocycles. The highest BCUT2D eigenvalue weighted by molar-refractivity contribution is 6.07. The number of benzene rings is 6. The molecule has 2 aromatic heterocycles. The predicted molar refractivity (Wildman–Crippen MR) is 176 cm³/mol. The van der Waals surface area contributed by atoms with Crippen molar-refractivity contribution in [1.29, 1.82) is 0 Å². The molecule has 0 atom stereocenters. The van der Waals surface area contributed by atoms with Gasteiger partial charge in [0.1, 0.15) is 0 Å². The fraction of sp³-hybridized carbons (Fsp3) is 0. The zero-order chi connectivity index (χ0) is 27.9. The molecule has 0 amide bonds. The van der Waals surface area contributed by atoms with Crippen LogP contribution in [-0.4, -0.2) is 9.97 Å². The fourth-order valence-electron chi connectivity index (χ4n) is 5.96. The molecule has 196 valence electrons. The van der Waals surface area contributed by atoms with E-state index in [-0.39, 0.29) is 0 Å². The van der Waals surface area contributed by atoms with Crippen molar-refractivity contribution in [3.8, 4) is 44.8 Å². The van der Waals surface area contributed by atoms with Crippen LogP contribution in [-0.2, 0) is 0 Å². The Morgan fingerprint density at radius 3 is 1.52 bits per heavy atom. The van der Waals surface area contributed by atoms with E-state index in [9.17, 15) is 0 Å². The van der Waals surface area contributed by atoms with Crippen LogP contribution in [0.4, 0.5) is 0 Å². The number of hydrogen-bond donors (Lipinski definition) is 0.